The van der Waals surface area contributed by atoms with E-state index in [0.29, 0.717) is 11.6 Å². The Morgan fingerprint density at radius 1 is 1.20 bits per heavy atom. The largest absolute Gasteiger partial charge is 0.323 e. The van der Waals surface area contributed by atoms with Crippen molar-refractivity contribution in [3.8, 4) is 0 Å². The maximum atomic E-state index is 12.0. The van der Waals surface area contributed by atoms with Crippen LogP contribution >= 0.6 is 0 Å². The molecule has 0 spiro atoms. The first-order valence-corrected chi connectivity index (χ1v) is 6.77. The molecular weight excluding hydrogens is 250 g/mol. The van der Waals surface area contributed by atoms with Crippen LogP contribution in [-0.4, -0.2) is 11.0 Å². The van der Waals surface area contributed by atoms with E-state index in [1.165, 1.54) is 0 Å². The van der Waals surface area contributed by atoms with Gasteiger partial charge in [-0.3, -0.25) is 4.98 Å². The Balaban J connectivity index is 2.08. The molecule has 1 aromatic carbocycles. The van der Waals surface area contributed by atoms with E-state index < -0.39 is 0 Å². The lowest BCUT2D eigenvalue weighted by atomic mass is 9.97. The number of benzene rings is 1. The normalized spacial score (nSPS) is 11.7. The minimum atomic E-state index is -0.256. The van der Waals surface area contributed by atoms with Crippen molar-refractivity contribution in [3.05, 3.63) is 54.4 Å². The van der Waals surface area contributed by atoms with Crippen LogP contribution in [0.5, 0.6) is 0 Å². The number of para-hydroxylation sites is 1. The van der Waals surface area contributed by atoms with Crippen molar-refractivity contribution in [2.75, 3.05) is 10.6 Å². The fourth-order valence-corrected chi connectivity index (χ4v) is 1.98. The molecule has 2 rings (SSSR count). The second-order valence-corrected chi connectivity index (χ2v) is 4.72. The highest BCUT2D eigenvalue weighted by atomic mass is 16.2. The van der Waals surface area contributed by atoms with Crippen molar-refractivity contribution in [2.45, 2.75) is 26.2 Å². The molecule has 0 aliphatic rings. The van der Waals surface area contributed by atoms with Crippen molar-refractivity contribution in [3.63, 3.8) is 0 Å². The molecule has 1 unspecified atom stereocenters. The van der Waals surface area contributed by atoms with Gasteiger partial charge in [-0.25, -0.2) is 4.79 Å². The number of hydrogen-bond donors (Lipinski definition) is 2. The number of amides is 2. The minimum Gasteiger partial charge on any atom is -0.307 e. The molecule has 0 saturated heterocycles. The van der Waals surface area contributed by atoms with Crippen LogP contribution in [0.3, 0.4) is 0 Å². The molecule has 0 aliphatic heterocycles. The van der Waals surface area contributed by atoms with E-state index in [-0.39, 0.29) is 6.03 Å². The molecular formula is C16H19N3O. The lowest BCUT2D eigenvalue weighted by molar-refractivity contribution is 0.262. The molecule has 0 radical (unpaired) electrons. The Bertz CT molecular complexity index is 569. The number of urea groups is 1. The first-order valence-electron chi connectivity index (χ1n) is 6.77. The van der Waals surface area contributed by atoms with Gasteiger partial charge in [0.05, 0.1) is 11.9 Å². The number of pyridine rings is 1. The zero-order chi connectivity index (χ0) is 14.4. The molecule has 2 amide bonds. The van der Waals surface area contributed by atoms with E-state index in [9.17, 15) is 4.79 Å². The lowest BCUT2D eigenvalue weighted by Gasteiger charge is -2.15. The van der Waals surface area contributed by atoms with Gasteiger partial charge in [-0.15, -0.1) is 0 Å². The van der Waals surface area contributed by atoms with Gasteiger partial charge in [-0.1, -0.05) is 32.0 Å². The minimum absolute atomic E-state index is 0.256. The molecule has 1 atom stereocenters. The average molecular weight is 269 g/mol. The van der Waals surface area contributed by atoms with Crippen molar-refractivity contribution >= 4 is 17.4 Å². The number of carbonyl (C=O) groups excluding carboxylic acids is 1. The predicted octanol–water partition coefficient (Wildman–Crippen LogP) is 4.24. The quantitative estimate of drug-likeness (QED) is 0.872. The summed E-state index contributed by atoms with van der Waals surface area (Å²) in [6.07, 6.45) is 4.31. The third-order valence-corrected chi connectivity index (χ3v) is 3.27. The second-order valence-electron chi connectivity index (χ2n) is 4.72. The second kappa shape index (κ2) is 6.70. The summed E-state index contributed by atoms with van der Waals surface area (Å²) in [6, 6.07) is 11.2. The molecule has 4 nitrogen and oxygen atoms in total. The van der Waals surface area contributed by atoms with Gasteiger partial charge in [-0.2, -0.15) is 0 Å². The molecule has 0 aliphatic carbocycles. The molecule has 20 heavy (non-hydrogen) atoms. The average Bonchev–Trinajstić information content (AvgIpc) is 2.48. The van der Waals surface area contributed by atoms with Crippen LogP contribution in [0.2, 0.25) is 0 Å². The summed E-state index contributed by atoms with van der Waals surface area (Å²) < 4.78 is 0. The number of aromatic nitrogens is 1. The van der Waals surface area contributed by atoms with Gasteiger partial charge in [-0.05, 0) is 36.1 Å². The third kappa shape index (κ3) is 3.57. The number of anilines is 2. The van der Waals surface area contributed by atoms with Gasteiger partial charge in [0.15, 0.2) is 0 Å². The van der Waals surface area contributed by atoms with Gasteiger partial charge >= 0.3 is 6.03 Å². The zero-order valence-electron chi connectivity index (χ0n) is 11.8. The highest BCUT2D eigenvalue weighted by Crippen LogP contribution is 2.26. The maximum Gasteiger partial charge on any atom is 0.323 e. The smallest absolute Gasteiger partial charge is 0.307 e. The van der Waals surface area contributed by atoms with Gasteiger partial charge in [0.1, 0.15) is 0 Å². The summed E-state index contributed by atoms with van der Waals surface area (Å²) in [6.45, 7) is 4.29. The maximum absolute atomic E-state index is 12.0. The van der Waals surface area contributed by atoms with Gasteiger partial charge in [0, 0.05) is 11.9 Å². The Morgan fingerprint density at radius 2 is 2.00 bits per heavy atom. The molecule has 2 N–H and O–H groups in total. The molecule has 4 heteroatoms. The third-order valence-electron chi connectivity index (χ3n) is 3.27. The number of nitrogens with one attached hydrogen (secondary N) is 2. The van der Waals surface area contributed by atoms with Crippen LogP contribution in [0.4, 0.5) is 16.2 Å². The summed E-state index contributed by atoms with van der Waals surface area (Å²) in [5.74, 6) is 0.407. The lowest BCUT2D eigenvalue weighted by Crippen LogP contribution is -2.20. The Hall–Kier alpha value is -2.36. The first-order chi connectivity index (χ1) is 9.70. The SMILES string of the molecule is CCC(C)c1ccccc1NC(=O)Nc1cccnc1. The van der Waals surface area contributed by atoms with Gasteiger partial charge in [0.25, 0.3) is 0 Å². The molecule has 0 bridgehead atoms. The predicted molar refractivity (Wildman–Crippen MR) is 82.0 cm³/mol. The first kappa shape index (κ1) is 14.1. The summed E-state index contributed by atoms with van der Waals surface area (Å²) in [5.41, 5.74) is 2.67. The van der Waals surface area contributed by atoms with Crippen LogP contribution in [0, 0.1) is 0 Å². The Morgan fingerprint density at radius 3 is 2.70 bits per heavy atom. The van der Waals surface area contributed by atoms with Crippen molar-refractivity contribution in [1.82, 2.24) is 4.98 Å². The van der Waals surface area contributed by atoms with Crippen molar-refractivity contribution in [2.24, 2.45) is 0 Å². The Kier molecular flexibility index (Phi) is 4.71. The fourth-order valence-electron chi connectivity index (χ4n) is 1.98. The van der Waals surface area contributed by atoms with E-state index in [1.54, 1.807) is 24.5 Å². The molecule has 1 aromatic heterocycles. The summed E-state index contributed by atoms with van der Waals surface area (Å²) in [4.78, 5) is 16.0. The molecule has 0 saturated carbocycles. The number of hydrogen-bond acceptors (Lipinski definition) is 2. The highest BCUT2D eigenvalue weighted by molar-refractivity contribution is 6.00. The van der Waals surface area contributed by atoms with Crippen LogP contribution in [-0.2, 0) is 0 Å². The molecule has 0 fully saturated rings. The van der Waals surface area contributed by atoms with E-state index in [4.69, 9.17) is 0 Å². The van der Waals surface area contributed by atoms with Crippen LogP contribution < -0.4 is 10.6 Å². The topological polar surface area (TPSA) is 54.0 Å². The van der Waals surface area contributed by atoms with Crippen LogP contribution in [0.1, 0.15) is 31.7 Å². The van der Waals surface area contributed by atoms with E-state index in [1.807, 2.05) is 24.3 Å². The number of rotatable bonds is 4. The number of nitrogens with zero attached hydrogens (tertiary/aromatic N) is 1. The fraction of sp³-hybridized carbons (Fsp3) is 0.250. The van der Waals surface area contributed by atoms with E-state index in [2.05, 4.69) is 29.5 Å². The molecule has 2 aromatic rings. The summed E-state index contributed by atoms with van der Waals surface area (Å²) >= 11 is 0. The van der Waals surface area contributed by atoms with Gasteiger partial charge in [0.2, 0.25) is 0 Å². The molecule has 104 valence electrons. The molecule has 1 heterocycles. The van der Waals surface area contributed by atoms with Crippen LogP contribution in [0.15, 0.2) is 48.8 Å². The highest BCUT2D eigenvalue weighted by Gasteiger charge is 2.10. The van der Waals surface area contributed by atoms with E-state index in [0.717, 1.165) is 17.7 Å². The van der Waals surface area contributed by atoms with E-state index >= 15 is 0 Å². The van der Waals surface area contributed by atoms with Crippen molar-refractivity contribution < 1.29 is 4.79 Å². The standard InChI is InChI=1S/C16H19N3O/c1-3-12(2)14-8-4-5-9-15(14)19-16(20)18-13-7-6-10-17-11-13/h4-12H,3H2,1-2H3,(H2,18,19,20). The van der Waals surface area contributed by atoms with Gasteiger partial charge < -0.3 is 10.6 Å². The zero-order valence-corrected chi connectivity index (χ0v) is 11.8. The summed E-state index contributed by atoms with van der Waals surface area (Å²) in [7, 11) is 0. The van der Waals surface area contributed by atoms with Crippen LogP contribution in [0.25, 0.3) is 0 Å². The summed E-state index contributed by atoms with van der Waals surface area (Å²) in [5, 5.41) is 5.66. The Labute approximate surface area is 119 Å². The van der Waals surface area contributed by atoms with Crippen molar-refractivity contribution in [1.29, 1.82) is 0 Å². The monoisotopic (exact) mass is 269 g/mol. The number of carbonyl (C=O) groups is 1.